The lowest BCUT2D eigenvalue weighted by atomic mass is 9.96. The topological polar surface area (TPSA) is 75.6 Å². The van der Waals surface area contributed by atoms with Gasteiger partial charge in [-0.15, -0.1) is 0 Å². The van der Waals surface area contributed by atoms with Crippen LogP contribution in [0.15, 0.2) is 126 Å². The van der Waals surface area contributed by atoms with Crippen molar-refractivity contribution in [2.45, 2.75) is 0 Å². The van der Waals surface area contributed by atoms with E-state index in [1.165, 1.54) is 0 Å². The fraction of sp³-hybridized carbons (Fsp3) is 0. The van der Waals surface area contributed by atoms with Crippen molar-refractivity contribution in [2.24, 2.45) is 0 Å². The van der Waals surface area contributed by atoms with E-state index in [9.17, 15) is 5.26 Å². The molecule has 4 heterocycles. The maximum absolute atomic E-state index is 9.23. The van der Waals surface area contributed by atoms with Gasteiger partial charge in [0, 0.05) is 23.2 Å². The maximum atomic E-state index is 9.23. The third-order valence-corrected chi connectivity index (χ3v) is 6.83. The summed E-state index contributed by atoms with van der Waals surface area (Å²) < 4.78 is 6.25. The van der Waals surface area contributed by atoms with E-state index in [0.717, 1.165) is 67.0 Å². The van der Waals surface area contributed by atoms with E-state index in [2.05, 4.69) is 46.4 Å². The molecule has 0 saturated carbocycles. The van der Waals surface area contributed by atoms with Crippen molar-refractivity contribution in [1.29, 1.82) is 5.26 Å². The summed E-state index contributed by atoms with van der Waals surface area (Å²) in [4.78, 5) is 14.0. The standard InChI is InChI=1S/C34H20N4O/c35-21-22-10-12-23(13-11-22)26-6-5-9-33-34(26)27-18-24(14-15-32(27)39-33)25-19-30(28-7-1-3-16-36-28)38-31(20-25)29-8-2-4-17-37-29/h1-20H. The van der Waals surface area contributed by atoms with E-state index >= 15 is 0 Å². The highest BCUT2D eigenvalue weighted by Crippen LogP contribution is 2.39. The molecule has 0 aliphatic heterocycles. The van der Waals surface area contributed by atoms with Gasteiger partial charge in [-0.3, -0.25) is 9.97 Å². The number of nitriles is 1. The summed E-state index contributed by atoms with van der Waals surface area (Å²) in [6, 6.07) is 38.0. The van der Waals surface area contributed by atoms with Crippen molar-refractivity contribution >= 4 is 21.9 Å². The minimum absolute atomic E-state index is 0.635. The zero-order valence-corrected chi connectivity index (χ0v) is 20.7. The van der Waals surface area contributed by atoms with Gasteiger partial charge in [-0.1, -0.05) is 42.5 Å². The molecule has 0 amide bonds. The summed E-state index contributed by atoms with van der Waals surface area (Å²) in [6.07, 6.45) is 3.55. The highest BCUT2D eigenvalue weighted by molar-refractivity contribution is 6.13. The van der Waals surface area contributed by atoms with Crippen LogP contribution in [0.25, 0.3) is 67.0 Å². The van der Waals surface area contributed by atoms with Gasteiger partial charge in [0.2, 0.25) is 0 Å². The first-order chi connectivity index (χ1) is 19.3. The first kappa shape index (κ1) is 22.6. The number of benzene rings is 3. The molecule has 0 bridgehead atoms. The van der Waals surface area contributed by atoms with Gasteiger partial charge in [-0.2, -0.15) is 5.26 Å². The number of pyridine rings is 3. The number of aromatic nitrogens is 3. The van der Waals surface area contributed by atoms with Crippen LogP contribution in [0.4, 0.5) is 0 Å². The maximum Gasteiger partial charge on any atom is 0.136 e. The average Bonchev–Trinajstić information content (AvgIpc) is 3.40. The number of nitrogens with zero attached hydrogens (tertiary/aromatic N) is 4. The molecular weight excluding hydrogens is 480 g/mol. The quantitative estimate of drug-likeness (QED) is 0.243. The molecule has 0 atom stereocenters. The van der Waals surface area contributed by atoms with Crippen LogP contribution in [-0.2, 0) is 0 Å². The van der Waals surface area contributed by atoms with Crippen molar-refractivity contribution in [3.8, 4) is 51.1 Å². The van der Waals surface area contributed by atoms with Gasteiger partial charge in [0.1, 0.15) is 11.2 Å². The predicted octanol–water partition coefficient (Wildman–Crippen LogP) is 8.31. The molecule has 0 spiro atoms. The van der Waals surface area contributed by atoms with E-state index in [1.54, 1.807) is 12.4 Å². The first-order valence-corrected chi connectivity index (χ1v) is 12.6. The molecule has 0 fully saturated rings. The minimum atomic E-state index is 0.635. The second-order valence-corrected chi connectivity index (χ2v) is 9.24. The zero-order chi connectivity index (χ0) is 26.2. The van der Waals surface area contributed by atoms with Crippen molar-refractivity contribution in [1.82, 2.24) is 15.0 Å². The molecule has 182 valence electrons. The van der Waals surface area contributed by atoms with Crippen LogP contribution in [-0.4, -0.2) is 15.0 Å². The van der Waals surface area contributed by atoms with E-state index in [0.29, 0.717) is 5.56 Å². The van der Waals surface area contributed by atoms with Crippen LogP contribution in [0.3, 0.4) is 0 Å². The number of hydrogen-bond acceptors (Lipinski definition) is 5. The summed E-state index contributed by atoms with van der Waals surface area (Å²) in [5.74, 6) is 0. The van der Waals surface area contributed by atoms with Crippen molar-refractivity contribution in [3.05, 3.63) is 127 Å². The van der Waals surface area contributed by atoms with Crippen LogP contribution in [0.2, 0.25) is 0 Å². The summed E-state index contributed by atoms with van der Waals surface area (Å²) in [7, 11) is 0. The average molecular weight is 501 g/mol. The van der Waals surface area contributed by atoms with Crippen LogP contribution >= 0.6 is 0 Å². The lowest BCUT2D eigenvalue weighted by Gasteiger charge is -2.10. The Kier molecular flexibility index (Phi) is 5.42. The molecule has 0 aliphatic carbocycles. The largest absolute Gasteiger partial charge is 0.456 e. The minimum Gasteiger partial charge on any atom is -0.456 e. The molecule has 4 aromatic heterocycles. The third-order valence-electron chi connectivity index (χ3n) is 6.83. The molecule has 39 heavy (non-hydrogen) atoms. The lowest BCUT2D eigenvalue weighted by molar-refractivity contribution is 0.669. The molecule has 3 aromatic carbocycles. The van der Waals surface area contributed by atoms with Crippen molar-refractivity contribution < 1.29 is 4.42 Å². The van der Waals surface area contributed by atoms with Gasteiger partial charge >= 0.3 is 0 Å². The molecule has 7 rings (SSSR count). The molecule has 0 N–H and O–H groups in total. The molecular formula is C34H20N4O. The van der Waals surface area contributed by atoms with Gasteiger partial charge in [0.25, 0.3) is 0 Å². The fourth-order valence-electron chi connectivity index (χ4n) is 4.96. The normalized spacial score (nSPS) is 11.1. The second-order valence-electron chi connectivity index (χ2n) is 9.24. The highest BCUT2D eigenvalue weighted by atomic mass is 16.3. The Balaban J connectivity index is 1.44. The van der Waals surface area contributed by atoms with Gasteiger partial charge < -0.3 is 4.42 Å². The van der Waals surface area contributed by atoms with Crippen LogP contribution in [0.1, 0.15) is 5.56 Å². The summed E-state index contributed by atoms with van der Waals surface area (Å²) in [6.45, 7) is 0. The molecule has 0 unspecified atom stereocenters. The molecule has 0 aliphatic rings. The van der Waals surface area contributed by atoms with E-state index in [-0.39, 0.29) is 0 Å². The monoisotopic (exact) mass is 500 g/mol. The Labute approximate surface area is 224 Å². The van der Waals surface area contributed by atoms with Gasteiger partial charge in [-0.05, 0) is 89.0 Å². The predicted molar refractivity (Wildman–Crippen MR) is 154 cm³/mol. The Morgan fingerprint density at radius 3 is 1.90 bits per heavy atom. The summed E-state index contributed by atoms with van der Waals surface area (Å²) >= 11 is 0. The number of hydrogen-bond donors (Lipinski definition) is 0. The zero-order valence-electron chi connectivity index (χ0n) is 20.7. The molecule has 7 aromatic rings. The van der Waals surface area contributed by atoms with E-state index in [4.69, 9.17) is 9.40 Å². The Morgan fingerprint density at radius 1 is 0.564 bits per heavy atom. The van der Waals surface area contributed by atoms with Gasteiger partial charge in [0.15, 0.2) is 0 Å². The van der Waals surface area contributed by atoms with Gasteiger partial charge in [0.05, 0.1) is 34.4 Å². The molecule has 5 heteroatoms. The summed E-state index contributed by atoms with van der Waals surface area (Å²) in [5, 5.41) is 11.3. The Bertz CT molecular complexity index is 1950. The second kappa shape index (κ2) is 9.37. The van der Waals surface area contributed by atoms with Crippen LogP contribution in [0.5, 0.6) is 0 Å². The van der Waals surface area contributed by atoms with Gasteiger partial charge in [-0.25, -0.2) is 4.98 Å². The fourth-order valence-corrected chi connectivity index (χ4v) is 4.96. The lowest BCUT2D eigenvalue weighted by Crippen LogP contribution is -1.93. The number of rotatable bonds is 4. The third kappa shape index (κ3) is 4.11. The molecule has 5 nitrogen and oxygen atoms in total. The van der Waals surface area contributed by atoms with Crippen LogP contribution < -0.4 is 0 Å². The highest BCUT2D eigenvalue weighted by Gasteiger charge is 2.15. The molecule has 0 radical (unpaired) electrons. The number of fused-ring (bicyclic) bond motifs is 3. The van der Waals surface area contributed by atoms with Crippen LogP contribution in [0, 0.1) is 11.3 Å². The smallest absolute Gasteiger partial charge is 0.136 e. The van der Waals surface area contributed by atoms with Crippen molar-refractivity contribution in [3.63, 3.8) is 0 Å². The molecule has 0 saturated heterocycles. The Hall–Kier alpha value is -5.60. The number of furan rings is 1. The SMILES string of the molecule is N#Cc1ccc(-c2cccc3oc4ccc(-c5cc(-c6ccccn6)nc(-c6ccccn6)c5)cc4c23)cc1. The van der Waals surface area contributed by atoms with Crippen molar-refractivity contribution in [2.75, 3.05) is 0 Å². The van der Waals surface area contributed by atoms with E-state index in [1.807, 2.05) is 78.9 Å². The first-order valence-electron chi connectivity index (χ1n) is 12.6. The Morgan fingerprint density at radius 2 is 1.26 bits per heavy atom. The summed E-state index contributed by atoms with van der Waals surface area (Å²) in [5.41, 5.74) is 9.58. The van der Waals surface area contributed by atoms with E-state index < -0.39 is 0 Å².